The molecule has 0 amide bonds. The molecule has 6 rings (SSSR count). The summed E-state index contributed by atoms with van der Waals surface area (Å²) in [6.45, 7) is 0. The highest BCUT2D eigenvalue weighted by Crippen LogP contribution is 2.34. The maximum atomic E-state index is 4.62. The molecule has 0 fully saturated rings. The van der Waals surface area contributed by atoms with E-state index >= 15 is 0 Å². The molecule has 140 valence electrons. The molecule has 0 radical (unpaired) electrons. The lowest BCUT2D eigenvalue weighted by molar-refractivity contribution is 1.37. The van der Waals surface area contributed by atoms with Crippen LogP contribution in [-0.2, 0) is 0 Å². The number of aromatic nitrogens is 3. The molecule has 0 bridgehead atoms. The third-order valence-corrected chi connectivity index (χ3v) is 5.58. The third kappa shape index (κ3) is 2.72. The summed E-state index contributed by atoms with van der Waals surface area (Å²) >= 11 is 0. The highest BCUT2D eigenvalue weighted by Gasteiger charge is 2.10. The number of benzene rings is 3. The van der Waals surface area contributed by atoms with E-state index in [-0.39, 0.29) is 0 Å². The Balaban J connectivity index is 1.49. The quantitative estimate of drug-likeness (QED) is 0.314. The normalized spacial score (nSPS) is 11.3. The van der Waals surface area contributed by atoms with Crippen molar-refractivity contribution in [2.75, 3.05) is 0 Å². The molecular weight excluding hydrogens is 366 g/mol. The van der Waals surface area contributed by atoms with E-state index in [9.17, 15) is 0 Å². The number of nitrogens with zero attached hydrogens (tertiary/aromatic N) is 3. The lowest BCUT2D eigenvalue weighted by Gasteiger charge is -2.10. The van der Waals surface area contributed by atoms with Gasteiger partial charge in [-0.2, -0.15) is 0 Å². The molecular formula is C27H17N3. The maximum absolute atomic E-state index is 4.62. The van der Waals surface area contributed by atoms with Crippen molar-refractivity contribution in [3.8, 4) is 22.3 Å². The monoisotopic (exact) mass is 383 g/mol. The predicted octanol–water partition coefficient (Wildman–Crippen LogP) is 6.67. The number of fused-ring (bicyclic) bond motifs is 4. The van der Waals surface area contributed by atoms with Crippen LogP contribution in [0.5, 0.6) is 0 Å². The zero-order chi connectivity index (χ0) is 19.9. The minimum atomic E-state index is 0.938. The van der Waals surface area contributed by atoms with Crippen LogP contribution in [0.2, 0.25) is 0 Å². The molecule has 0 atom stereocenters. The highest BCUT2D eigenvalue weighted by molar-refractivity contribution is 6.10. The summed E-state index contributed by atoms with van der Waals surface area (Å²) in [6, 6.07) is 29.4. The van der Waals surface area contributed by atoms with Crippen molar-refractivity contribution in [2.24, 2.45) is 0 Å². The Bertz CT molecular complexity index is 1540. The fraction of sp³-hybridized carbons (Fsp3) is 0. The van der Waals surface area contributed by atoms with E-state index < -0.39 is 0 Å². The molecule has 0 N–H and O–H groups in total. The van der Waals surface area contributed by atoms with Crippen LogP contribution in [0.15, 0.2) is 104 Å². The van der Waals surface area contributed by atoms with Crippen molar-refractivity contribution in [1.29, 1.82) is 0 Å². The largest absolute Gasteiger partial charge is 0.256 e. The van der Waals surface area contributed by atoms with Gasteiger partial charge >= 0.3 is 0 Å². The number of para-hydroxylation sites is 1. The molecule has 0 aliphatic rings. The van der Waals surface area contributed by atoms with Gasteiger partial charge in [-0.25, -0.2) is 0 Å². The second-order valence-electron chi connectivity index (χ2n) is 7.39. The van der Waals surface area contributed by atoms with Crippen LogP contribution in [-0.4, -0.2) is 15.0 Å². The summed E-state index contributed by atoms with van der Waals surface area (Å²) in [5, 5.41) is 3.36. The van der Waals surface area contributed by atoms with Gasteiger partial charge in [0.25, 0.3) is 0 Å². The molecule has 0 unspecified atom stereocenters. The molecule has 0 saturated heterocycles. The van der Waals surface area contributed by atoms with Gasteiger partial charge in [0.2, 0.25) is 0 Å². The van der Waals surface area contributed by atoms with E-state index in [0.717, 1.165) is 49.4 Å². The van der Waals surface area contributed by atoms with Crippen LogP contribution in [0.4, 0.5) is 0 Å². The Kier molecular flexibility index (Phi) is 3.78. The van der Waals surface area contributed by atoms with E-state index in [2.05, 4.69) is 69.5 Å². The number of hydrogen-bond acceptors (Lipinski definition) is 3. The van der Waals surface area contributed by atoms with E-state index in [4.69, 9.17) is 0 Å². The van der Waals surface area contributed by atoms with E-state index in [1.165, 1.54) is 5.56 Å². The van der Waals surface area contributed by atoms with Crippen molar-refractivity contribution in [2.45, 2.75) is 0 Å². The molecule has 3 nitrogen and oxygen atoms in total. The molecule has 0 aliphatic heterocycles. The first-order valence-corrected chi connectivity index (χ1v) is 9.95. The lowest BCUT2D eigenvalue weighted by atomic mass is 9.96. The smallest absolute Gasteiger partial charge is 0.0970 e. The summed E-state index contributed by atoms with van der Waals surface area (Å²) in [5.74, 6) is 0. The molecule has 3 heteroatoms. The Morgan fingerprint density at radius 3 is 2.13 bits per heavy atom. The van der Waals surface area contributed by atoms with Gasteiger partial charge in [0, 0.05) is 40.3 Å². The second kappa shape index (κ2) is 6.75. The second-order valence-corrected chi connectivity index (χ2v) is 7.39. The Hall–Kier alpha value is -4.11. The summed E-state index contributed by atoms with van der Waals surface area (Å²) in [6.07, 6.45) is 5.59. The van der Waals surface area contributed by atoms with Gasteiger partial charge in [-0.3, -0.25) is 15.0 Å². The molecule has 3 aromatic carbocycles. The fourth-order valence-electron chi connectivity index (χ4n) is 4.09. The minimum Gasteiger partial charge on any atom is -0.256 e. The molecule has 0 saturated carbocycles. The van der Waals surface area contributed by atoms with Crippen LogP contribution in [0.25, 0.3) is 55.0 Å². The Labute approximate surface area is 173 Å². The molecule has 30 heavy (non-hydrogen) atoms. The van der Waals surface area contributed by atoms with Gasteiger partial charge < -0.3 is 0 Å². The van der Waals surface area contributed by atoms with Crippen molar-refractivity contribution >= 4 is 32.7 Å². The lowest BCUT2D eigenvalue weighted by Crippen LogP contribution is -1.89. The van der Waals surface area contributed by atoms with E-state index in [1.807, 2.05) is 48.9 Å². The van der Waals surface area contributed by atoms with Gasteiger partial charge in [0.1, 0.15) is 0 Å². The van der Waals surface area contributed by atoms with Crippen molar-refractivity contribution in [1.82, 2.24) is 15.0 Å². The molecule has 0 spiro atoms. The summed E-state index contributed by atoms with van der Waals surface area (Å²) < 4.78 is 0. The zero-order valence-electron chi connectivity index (χ0n) is 16.2. The zero-order valence-corrected chi connectivity index (χ0v) is 16.2. The highest BCUT2D eigenvalue weighted by atomic mass is 14.7. The number of pyridine rings is 3. The first kappa shape index (κ1) is 16.8. The topological polar surface area (TPSA) is 38.7 Å². The number of rotatable bonds is 2. The van der Waals surface area contributed by atoms with Crippen LogP contribution in [0.1, 0.15) is 0 Å². The third-order valence-electron chi connectivity index (χ3n) is 5.58. The fourth-order valence-corrected chi connectivity index (χ4v) is 4.09. The van der Waals surface area contributed by atoms with E-state index in [1.54, 1.807) is 0 Å². The standard InChI is InChI=1S/C27H17N3/c1-2-8-25-20(5-1)15-22(17-30-25)18-9-11-19(12-10-18)24-16-21-6-3-13-28-26(21)27-23(24)7-4-14-29-27/h1-17H. The van der Waals surface area contributed by atoms with Gasteiger partial charge in [-0.1, -0.05) is 54.6 Å². The van der Waals surface area contributed by atoms with Crippen molar-refractivity contribution in [3.05, 3.63) is 104 Å². The SMILES string of the molecule is c1ccc2ncc(-c3ccc(-c4cc5cccnc5c5ncccc45)cc3)cc2c1. The first-order valence-electron chi connectivity index (χ1n) is 9.95. The summed E-state index contributed by atoms with van der Waals surface area (Å²) in [4.78, 5) is 13.8. The van der Waals surface area contributed by atoms with Crippen LogP contribution in [0.3, 0.4) is 0 Å². The molecule has 0 aliphatic carbocycles. The van der Waals surface area contributed by atoms with Gasteiger partial charge in [-0.15, -0.1) is 0 Å². The Morgan fingerprint density at radius 1 is 0.500 bits per heavy atom. The average molecular weight is 383 g/mol. The van der Waals surface area contributed by atoms with Crippen LogP contribution in [0, 0.1) is 0 Å². The molecule has 3 heterocycles. The van der Waals surface area contributed by atoms with Gasteiger partial charge in [0.15, 0.2) is 0 Å². The molecule has 3 aromatic heterocycles. The predicted molar refractivity (Wildman–Crippen MR) is 123 cm³/mol. The van der Waals surface area contributed by atoms with Crippen molar-refractivity contribution < 1.29 is 0 Å². The van der Waals surface area contributed by atoms with Crippen LogP contribution >= 0.6 is 0 Å². The first-order chi connectivity index (χ1) is 14.9. The van der Waals surface area contributed by atoms with Gasteiger partial charge in [0.05, 0.1) is 16.6 Å². The summed E-state index contributed by atoms with van der Waals surface area (Å²) in [7, 11) is 0. The molecule has 6 aromatic rings. The minimum absolute atomic E-state index is 0.938. The van der Waals surface area contributed by atoms with Gasteiger partial charge in [-0.05, 0) is 47.0 Å². The average Bonchev–Trinajstić information content (AvgIpc) is 2.83. The van der Waals surface area contributed by atoms with E-state index in [0.29, 0.717) is 0 Å². The van der Waals surface area contributed by atoms with Crippen LogP contribution < -0.4 is 0 Å². The summed E-state index contributed by atoms with van der Waals surface area (Å²) in [5.41, 5.74) is 7.50. The number of hydrogen-bond donors (Lipinski definition) is 0. The Morgan fingerprint density at radius 2 is 1.23 bits per heavy atom. The maximum Gasteiger partial charge on any atom is 0.0970 e. The van der Waals surface area contributed by atoms with Crippen molar-refractivity contribution in [3.63, 3.8) is 0 Å².